The first kappa shape index (κ1) is 20.4. The van der Waals surface area contributed by atoms with Gasteiger partial charge in [-0.05, 0) is 31.0 Å². The number of aryl methyl sites for hydroxylation is 1. The maximum atomic E-state index is 12.9. The van der Waals surface area contributed by atoms with Crippen molar-refractivity contribution in [1.29, 1.82) is 0 Å². The second-order valence-electron chi connectivity index (χ2n) is 7.83. The van der Waals surface area contributed by atoms with Crippen molar-refractivity contribution in [3.63, 3.8) is 0 Å². The average Bonchev–Trinajstić information content (AvgIpc) is 3.37. The number of aromatic nitrogens is 3. The van der Waals surface area contributed by atoms with Crippen molar-refractivity contribution < 1.29 is 22.8 Å². The highest BCUT2D eigenvalue weighted by Crippen LogP contribution is 2.30. The highest BCUT2D eigenvalue weighted by Gasteiger charge is 2.36. The molecular weight excluding hydrogens is 399 g/mol. The van der Waals surface area contributed by atoms with Gasteiger partial charge < -0.3 is 14.8 Å². The predicted molar refractivity (Wildman–Crippen MR) is 99.9 cm³/mol. The Morgan fingerprint density at radius 3 is 2.90 bits per heavy atom. The second-order valence-corrected chi connectivity index (χ2v) is 7.83. The maximum Gasteiger partial charge on any atom is 0.416 e. The maximum absolute atomic E-state index is 12.9. The molecule has 0 bridgehead atoms. The highest BCUT2D eigenvalue weighted by molar-refractivity contribution is 5.89. The van der Waals surface area contributed by atoms with Gasteiger partial charge in [0, 0.05) is 32.5 Å². The average molecular weight is 421 g/mol. The molecule has 0 unspecified atom stereocenters. The van der Waals surface area contributed by atoms with Crippen LogP contribution in [0.3, 0.4) is 0 Å². The molecule has 1 fully saturated rings. The molecule has 160 valence electrons. The fraction of sp³-hybridized carbons (Fsp3) is 0.500. The second kappa shape index (κ2) is 7.73. The Balaban J connectivity index is 1.38. The van der Waals surface area contributed by atoms with Crippen LogP contribution in [0, 0.1) is 5.92 Å². The molecule has 2 aliphatic rings. The van der Waals surface area contributed by atoms with Crippen LogP contribution in [-0.2, 0) is 35.3 Å². The number of nitrogens with one attached hydrogen (secondary N) is 1. The van der Waals surface area contributed by atoms with Crippen LogP contribution in [0.5, 0.6) is 0 Å². The molecule has 4 rings (SSSR count). The quantitative estimate of drug-likeness (QED) is 0.805. The van der Waals surface area contributed by atoms with E-state index >= 15 is 0 Å². The number of likely N-dealkylation sites (tertiary alicyclic amines) is 1. The van der Waals surface area contributed by atoms with E-state index in [0.29, 0.717) is 11.4 Å². The first-order valence-corrected chi connectivity index (χ1v) is 9.88. The van der Waals surface area contributed by atoms with E-state index in [1.54, 1.807) is 6.07 Å². The summed E-state index contributed by atoms with van der Waals surface area (Å²) in [5, 5.41) is 11.2. The van der Waals surface area contributed by atoms with Crippen LogP contribution in [-0.4, -0.2) is 38.0 Å². The molecule has 0 radical (unpaired) electrons. The summed E-state index contributed by atoms with van der Waals surface area (Å²) in [7, 11) is 0. The van der Waals surface area contributed by atoms with Crippen LogP contribution >= 0.6 is 0 Å². The lowest BCUT2D eigenvalue weighted by atomic mass is 10.1. The zero-order chi connectivity index (χ0) is 21.5. The van der Waals surface area contributed by atoms with Gasteiger partial charge in [0.05, 0.1) is 17.5 Å². The molecule has 2 amide bonds. The van der Waals surface area contributed by atoms with Crippen LogP contribution in [0.2, 0.25) is 0 Å². The van der Waals surface area contributed by atoms with Crippen molar-refractivity contribution in [2.45, 2.75) is 51.5 Å². The van der Waals surface area contributed by atoms with Gasteiger partial charge in [-0.25, -0.2) is 0 Å². The van der Waals surface area contributed by atoms with Gasteiger partial charge in [0.15, 0.2) is 5.82 Å². The molecule has 1 saturated heterocycles. The van der Waals surface area contributed by atoms with E-state index in [-0.39, 0.29) is 37.4 Å². The van der Waals surface area contributed by atoms with Crippen LogP contribution in [0.25, 0.3) is 0 Å². The minimum Gasteiger partial charge on any atom is -0.346 e. The molecule has 10 heteroatoms. The summed E-state index contributed by atoms with van der Waals surface area (Å²) in [6.07, 6.45) is -2.53. The fourth-order valence-electron chi connectivity index (χ4n) is 4.06. The fourth-order valence-corrected chi connectivity index (χ4v) is 4.06. The van der Waals surface area contributed by atoms with E-state index in [9.17, 15) is 22.8 Å². The van der Waals surface area contributed by atoms with E-state index in [1.807, 2.05) is 11.5 Å². The molecule has 1 aromatic carbocycles. The third kappa shape index (κ3) is 4.03. The van der Waals surface area contributed by atoms with Gasteiger partial charge in [0.25, 0.3) is 0 Å². The SMILES string of the molecule is C[C@H](NC(=O)[C@@H]1CC(=O)N(Cc2cccc(C(F)(F)F)c2)C1)c1nnc2n1CCC2. The Hall–Kier alpha value is -2.91. The number of benzene rings is 1. The molecule has 2 atom stereocenters. The largest absolute Gasteiger partial charge is 0.416 e. The molecule has 0 aliphatic carbocycles. The third-order valence-corrected chi connectivity index (χ3v) is 5.60. The zero-order valence-corrected chi connectivity index (χ0v) is 16.4. The zero-order valence-electron chi connectivity index (χ0n) is 16.4. The number of hydrogen-bond acceptors (Lipinski definition) is 4. The Morgan fingerprint density at radius 2 is 2.13 bits per heavy atom. The number of carbonyl (C=O) groups excluding carboxylic acids is 2. The number of amides is 2. The van der Waals surface area contributed by atoms with Gasteiger partial charge >= 0.3 is 6.18 Å². The normalized spacial score (nSPS) is 19.8. The van der Waals surface area contributed by atoms with Crippen LogP contribution in [0.4, 0.5) is 13.2 Å². The molecule has 1 aromatic heterocycles. The lowest BCUT2D eigenvalue weighted by Crippen LogP contribution is -2.35. The van der Waals surface area contributed by atoms with E-state index < -0.39 is 17.7 Å². The van der Waals surface area contributed by atoms with Crippen molar-refractivity contribution in [2.75, 3.05) is 6.54 Å². The van der Waals surface area contributed by atoms with Crippen molar-refractivity contribution in [2.24, 2.45) is 5.92 Å². The first-order valence-electron chi connectivity index (χ1n) is 9.88. The summed E-state index contributed by atoms with van der Waals surface area (Å²) >= 11 is 0. The summed E-state index contributed by atoms with van der Waals surface area (Å²) in [4.78, 5) is 26.5. The van der Waals surface area contributed by atoms with Gasteiger partial charge in [-0.1, -0.05) is 12.1 Å². The van der Waals surface area contributed by atoms with E-state index in [1.165, 1.54) is 11.0 Å². The smallest absolute Gasteiger partial charge is 0.346 e. The Morgan fingerprint density at radius 1 is 1.33 bits per heavy atom. The molecule has 2 aliphatic heterocycles. The lowest BCUT2D eigenvalue weighted by molar-refractivity contribution is -0.137. The van der Waals surface area contributed by atoms with Gasteiger partial charge in [0.2, 0.25) is 11.8 Å². The summed E-state index contributed by atoms with van der Waals surface area (Å²) in [6, 6.07) is 4.55. The van der Waals surface area contributed by atoms with Crippen molar-refractivity contribution in [3.8, 4) is 0 Å². The van der Waals surface area contributed by atoms with Crippen LogP contribution in [0.1, 0.15) is 48.6 Å². The molecule has 0 spiro atoms. The summed E-state index contributed by atoms with van der Waals surface area (Å²) < 4.78 is 40.7. The number of nitrogens with zero attached hydrogens (tertiary/aromatic N) is 4. The van der Waals surface area contributed by atoms with Crippen LogP contribution in [0.15, 0.2) is 24.3 Å². The van der Waals surface area contributed by atoms with E-state index in [0.717, 1.165) is 37.3 Å². The number of rotatable bonds is 5. The number of halogens is 3. The van der Waals surface area contributed by atoms with E-state index in [2.05, 4.69) is 15.5 Å². The monoisotopic (exact) mass is 421 g/mol. The molecule has 30 heavy (non-hydrogen) atoms. The summed E-state index contributed by atoms with van der Waals surface area (Å²) in [5.41, 5.74) is -0.373. The topological polar surface area (TPSA) is 80.1 Å². The Kier molecular flexibility index (Phi) is 5.25. The number of alkyl halides is 3. The van der Waals surface area contributed by atoms with Gasteiger partial charge in [-0.3, -0.25) is 9.59 Å². The van der Waals surface area contributed by atoms with Crippen LogP contribution < -0.4 is 5.32 Å². The van der Waals surface area contributed by atoms with Gasteiger partial charge in [-0.15, -0.1) is 10.2 Å². The van der Waals surface area contributed by atoms with Gasteiger partial charge in [0.1, 0.15) is 5.82 Å². The van der Waals surface area contributed by atoms with Crippen molar-refractivity contribution in [1.82, 2.24) is 25.0 Å². The minimum atomic E-state index is -4.44. The highest BCUT2D eigenvalue weighted by atomic mass is 19.4. The van der Waals surface area contributed by atoms with E-state index in [4.69, 9.17) is 0 Å². The standard InChI is InChI=1S/C20H22F3N5O2/c1-12(18-26-25-16-6-3-7-28(16)18)24-19(30)14-9-17(29)27(11-14)10-13-4-2-5-15(8-13)20(21,22)23/h2,4-5,8,12,14H,3,6-7,9-11H2,1H3,(H,24,30)/t12-,14+/m0/s1. The van der Waals surface area contributed by atoms with Gasteiger partial charge in [-0.2, -0.15) is 13.2 Å². The molecule has 0 saturated carbocycles. The summed E-state index contributed by atoms with van der Waals surface area (Å²) in [6.45, 7) is 2.86. The first-order chi connectivity index (χ1) is 14.2. The molecule has 1 N–H and O–H groups in total. The molecule has 2 aromatic rings. The Labute approximate surface area is 171 Å². The third-order valence-electron chi connectivity index (χ3n) is 5.60. The van der Waals surface area contributed by atoms with Crippen molar-refractivity contribution in [3.05, 3.63) is 47.0 Å². The number of carbonyl (C=O) groups is 2. The molecule has 7 nitrogen and oxygen atoms in total. The number of fused-ring (bicyclic) bond motifs is 1. The molecule has 3 heterocycles. The summed E-state index contributed by atoms with van der Waals surface area (Å²) in [5.74, 6) is 0.545. The predicted octanol–water partition coefficient (Wildman–Crippen LogP) is 2.47. The number of hydrogen-bond donors (Lipinski definition) is 1. The molecular formula is C20H22F3N5O2. The lowest BCUT2D eigenvalue weighted by Gasteiger charge is -2.19. The Bertz CT molecular complexity index is 972. The minimum absolute atomic E-state index is 0.0372. The van der Waals surface area contributed by atoms with Crippen molar-refractivity contribution >= 4 is 11.8 Å².